The van der Waals surface area contributed by atoms with Gasteiger partial charge in [0.2, 0.25) is 0 Å². The van der Waals surface area contributed by atoms with E-state index in [9.17, 15) is 0 Å². The van der Waals surface area contributed by atoms with Gasteiger partial charge in [-0.2, -0.15) is 0 Å². The minimum atomic E-state index is 0.610. The Balaban J connectivity index is 2.36. The van der Waals surface area contributed by atoms with Crippen molar-refractivity contribution in [2.24, 2.45) is 5.92 Å². The maximum atomic E-state index is 5.58. The molecule has 1 rings (SSSR count). The molecule has 1 aromatic carbocycles. The Hall–Kier alpha value is -0.420. The molecule has 0 aliphatic heterocycles. The first-order valence-corrected chi connectivity index (χ1v) is 8.07. The van der Waals surface area contributed by atoms with E-state index in [0.29, 0.717) is 19.1 Å². The first kappa shape index (κ1) is 17.6. The van der Waals surface area contributed by atoms with E-state index in [4.69, 9.17) is 9.47 Å². The van der Waals surface area contributed by atoms with Gasteiger partial charge in [-0.1, -0.05) is 35.0 Å². The minimum Gasteiger partial charge on any atom is -0.382 e. The van der Waals surface area contributed by atoms with Crippen molar-refractivity contribution >= 4 is 15.9 Å². The summed E-state index contributed by atoms with van der Waals surface area (Å²) in [6.45, 7) is 6.36. The van der Waals surface area contributed by atoms with E-state index in [1.54, 1.807) is 7.11 Å². The average molecular weight is 344 g/mol. The molecule has 1 N–H and O–H groups in total. The van der Waals surface area contributed by atoms with Gasteiger partial charge in [-0.25, -0.2) is 0 Å². The lowest BCUT2D eigenvalue weighted by Crippen LogP contribution is -2.25. The predicted molar refractivity (Wildman–Crippen MR) is 87.2 cm³/mol. The molecule has 0 amide bonds. The second-order valence-electron chi connectivity index (χ2n) is 4.90. The van der Waals surface area contributed by atoms with E-state index in [1.807, 2.05) is 0 Å². The van der Waals surface area contributed by atoms with Crippen molar-refractivity contribution in [3.8, 4) is 0 Å². The second-order valence-corrected chi connectivity index (χ2v) is 5.81. The summed E-state index contributed by atoms with van der Waals surface area (Å²) < 4.78 is 11.7. The smallest absolute Gasteiger partial charge is 0.0700 e. The summed E-state index contributed by atoms with van der Waals surface area (Å²) in [6, 6.07) is 8.59. The average Bonchev–Trinajstić information content (AvgIpc) is 2.46. The molecular formula is C16H26BrNO2. The third-order valence-corrected chi connectivity index (χ3v) is 3.75. The molecule has 0 aromatic heterocycles. The van der Waals surface area contributed by atoms with Gasteiger partial charge in [-0.15, -0.1) is 0 Å². The maximum absolute atomic E-state index is 5.58. The van der Waals surface area contributed by atoms with Crippen LogP contribution >= 0.6 is 15.9 Å². The lowest BCUT2D eigenvalue weighted by atomic mass is 9.96. The highest BCUT2D eigenvalue weighted by Crippen LogP contribution is 2.15. The van der Waals surface area contributed by atoms with Crippen molar-refractivity contribution in [2.75, 3.05) is 40.0 Å². The molecule has 0 saturated heterocycles. The molecule has 0 saturated carbocycles. The lowest BCUT2D eigenvalue weighted by Gasteiger charge is -2.17. The van der Waals surface area contributed by atoms with E-state index in [1.165, 1.54) is 5.56 Å². The molecule has 1 atom stereocenters. The number of nitrogens with one attached hydrogen (secondary N) is 1. The molecule has 1 aromatic rings. The standard InChI is InChI=1S/C16H26BrNO2/c1-3-18-13-15(8-9-20-11-10-19-2)12-14-4-6-16(17)7-5-14/h4-7,15,18H,3,8-13H2,1-2H3. The molecule has 1 unspecified atom stereocenters. The normalized spacial score (nSPS) is 12.6. The molecule has 0 fully saturated rings. The largest absolute Gasteiger partial charge is 0.382 e. The zero-order chi connectivity index (χ0) is 14.6. The van der Waals surface area contributed by atoms with E-state index in [2.05, 4.69) is 52.4 Å². The summed E-state index contributed by atoms with van der Waals surface area (Å²) >= 11 is 3.48. The van der Waals surface area contributed by atoms with Gasteiger partial charge in [-0.3, -0.25) is 0 Å². The predicted octanol–water partition coefficient (Wildman–Crippen LogP) is 3.27. The number of benzene rings is 1. The molecule has 0 bridgehead atoms. The van der Waals surface area contributed by atoms with Gasteiger partial charge in [0.25, 0.3) is 0 Å². The van der Waals surface area contributed by atoms with Crippen LogP contribution in [0.4, 0.5) is 0 Å². The van der Waals surface area contributed by atoms with Crippen molar-refractivity contribution in [3.63, 3.8) is 0 Å². The molecule has 0 heterocycles. The van der Waals surface area contributed by atoms with Crippen LogP contribution in [0.2, 0.25) is 0 Å². The van der Waals surface area contributed by atoms with Crippen molar-refractivity contribution < 1.29 is 9.47 Å². The Morgan fingerprint density at radius 3 is 2.55 bits per heavy atom. The summed E-state index contributed by atoms with van der Waals surface area (Å²) in [5.74, 6) is 0.610. The Labute approximate surface area is 131 Å². The molecule has 0 spiro atoms. The number of hydrogen-bond acceptors (Lipinski definition) is 3. The van der Waals surface area contributed by atoms with Crippen LogP contribution in [-0.4, -0.2) is 40.0 Å². The van der Waals surface area contributed by atoms with Crippen LogP contribution in [0.5, 0.6) is 0 Å². The van der Waals surface area contributed by atoms with Gasteiger partial charge < -0.3 is 14.8 Å². The lowest BCUT2D eigenvalue weighted by molar-refractivity contribution is 0.0636. The topological polar surface area (TPSA) is 30.5 Å². The highest BCUT2D eigenvalue weighted by Gasteiger charge is 2.09. The third-order valence-electron chi connectivity index (χ3n) is 3.22. The molecule has 20 heavy (non-hydrogen) atoms. The number of ether oxygens (including phenoxy) is 2. The highest BCUT2D eigenvalue weighted by atomic mass is 79.9. The van der Waals surface area contributed by atoms with Crippen LogP contribution in [0.1, 0.15) is 18.9 Å². The van der Waals surface area contributed by atoms with Crippen LogP contribution in [0.3, 0.4) is 0 Å². The van der Waals surface area contributed by atoms with Crippen molar-refractivity contribution in [3.05, 3.63) is 34.3 Å². The first-order chi connectivity index (χ1) is 9.76. The summed E-state index contributed by atoms with van der Waals surface area (Å²) in [6.07, 6.45) is 2.17. The van der Waals surface area contributed by atoms with Crippen LogP contribution in [-0.2, 0) is 15.9 Å². The van der Waals surface area contributed by atoms with Crippen molar-refractivity contribution in [2.45, 2.75) is 19.8 Å². The van der Waals surface area contributed by atoms with E-state index < -0.39 is 0 Å². The fraction of sp³-hybridized carbons (Fsp3) is 0.625. The van der Waals surface area contributed by atoms with Gasteiger partial charge in [0, 0.05) is 18.2 Å². The Morgan fingerprint density at radius 1 is 1.15 bits per heavy atom. The molecule has 0 aliphatic rings. The zero-order valence-electron chi connectivity index (χ0n) is 12.5. The zero-order valence-corrected chi connectivity index (χ0v) is 14.1. The van der Waals surface area contributed by atoms with Gasteiger partial charge in [0.05, 0.1) is 13.2 Å². The number of methoxy groups -OCH3 is 1. The Kier molecular flexibility index (Phi) is 9.93. The number of rotatable bonds is 11. The Bertz CT molecular complexity index is 343. The molecule has 0 radical (unpaired) electrons. The molecule has 114 valence electrons. The SMILES string of the molecule is CCNCC(CCOCCOC)Cc1ccc(Br)cc1. The van der Waals surface area contributed by atoms with Crippen LogP contribution < -0.4 is 5.32 Å². The fourth-order valence-electron chi connectivity index (χ4n) is 2.07. The van der Waals surface area contributed by atoms with Crippen LogP contribution in [0.15, 0.2) is 28.7 Å². The molecule has 0 aliphatic carbocycles. The first-order valence-electron chi connectivity index (χ1n) is 7.28. The Morgan fingerprint density at radius 2 is 1.90 bits per heavy atom. The van der Waals surface area contributed by atoms with E-state index in [0.717, 1.165) is 37.0 Å². The quantitative estimate of drug-likeness (QED) is 0.625. The van der Waals surface area contributed by atoms with Gasteiger partial charge in [0.15, 0.2) is 0 Å². The number of hydrogen-bond donors (Lipinski definition) is 1. The summed E-state index contributed by atoms with van der Waals surface area (Å²) in [7, 11) is 1.70. The van der Waals surface area contributed by atoms with Gasteiger partial charge >= 0.3 is 0 Å². The summed E-state index contributed by atoms with van der Waals surface area (Å²) in [4.78, 5) is 0. The van der Waals surface area contributed by atoms with Crippen molar-refractivity contribution in [1.82, 2.24) is 5.32 Å². The van der Waals surface area contributed by atoms with E-state index in [-0.39, 0.29) is 0 Å². The van der Waals surface area contributed by atoms with Crippen molar-refractivity contribution in [1.29, 1.82) is 0 Å². The monoisotopic (exact) mass is 343 g/mol. The molecule has 3 nitrogen and oxygen atoms in total. The van der Waals surface area contributed by atoms with Gasteiger partial charge in [-0.05, 0) is 49.5 Å². The molecule has 4 heteroatoms. The van der Waals surface area contributed by atoms with E-state index >= 15 is 0 Å². The highest BCUT2D eigenvalue weighted by molar-refractivity contribution is 9.10. The van der Waals surface area contributed by atoms with Gasteiger partial charge in [0.1, 0.15) is 0 Å². The minimum absolute atomic E-state index is 0.610. The van der Waals surface area contributed by atoms with Crippen LogP contribution in [0.25, 0.3) is 0 Å². The van der Waals surface area contributed by atoms with Crippen LogP contribution in [0, 0.1) is 5.92 Å². The maximum Gasteiger partial charge on any atom is 0.0700 e. The fourth-order valence-corrected chi connectivity index (χ4v) is 2.34. The molecular weight excluding hydrogens is 318 g/mol. The summed E-state index contributed by atoms with van der Waals surface area (Å²) in [5.41, 5.74) is 1.38. The number of halogens is 1. The second kappa shape index (κ2) is 11.3. The summed E-state index contributed by atoms with van der Waals surface area (Å²) in [5, 5.41) is 3.44. The third kappa shape index (κ3) is 8.00.